The van der Waals surface area contributed by atoms with Crippen LogP contribution in [0, 0.1) is 17.2 Å². The van der Waals surface area contributed by atoms with Crippen LogP contribution in [0.5, 0.6) is 0 Å². The molecule has 0 spiro atoms. The topological polar surface area (TPSA) is 87.8 Å². The number of nitrogens with zero attached hydrogens (tertiary/aromatic N) is 3. The van der Waals surface area contributed by atoms with Crippen LogP contribution in [-0.2, 0) is 24.2 Å². The average Bonchev–Trinajstić information content (AvgIpc) is 3.02. The normalized spacial score (nSPS) is 15.9. The van der Waals surface area contributed by atoms with Gasteiger partial charge in [0.15, 0.2) is 0 Å². The second-order valence-electron chi connectivity index (χ2n) is 6.95. The molecular weight excluding hydrogens is 360 g/mol. The highest BCUT2D eigenvalue weighted by molar-refractivity contribution is 7.18. The predicted octanol–water partition coefficient (Wildman–Crippen LogP) is 3.09. The fourth-order valence-electron chi connectivity index (χ4n) is 3.46. The number of anilines is 1. The van der Waals surface area contributed by atoms with Gasteiger partial charge in [-0.1, -0.05) is 6.92 Å². The summed E-state index contributed by atoms with van der Waals surface area (Å²) in [4.78, 5) is 31.7. The lowest BCUT2D eigenvalue weighted by Crippen LogP contribution is -2.28. The van der Waals surface area contributed by atoms with Gasteiger partial charge >= 0.3 is 0 Å². The van der Waals surface area contributed by atoms with Crippen molar-refractivity contribution in [2.75, 3.05) is 5.32 Å². The van der Waals surface area contributed by atoms with Crippen LogP contribution in [0.2, 0.25) is 0 Å². The average molecular weight is 378 g/mol. The second-order valence-corrected chi connectivity index (χ2v) is 8.03. The number of aryl methyl sites for hydroxylation is 1. The number of carbonyl (C=O) groups excluding carboxylic acids is 1. The van der Waals surface area contributed by atoms with Crippen LogP contribution in [-0.4, -0.2) is 15.5 Å². The van der Waals surface area contributed by atoms with Gasteiger partial charge < -0.3 is 5.32 Å². The highest BCUT2D eigenvalue weighted by Crippen LogP contribution is 2.35. The molecule has 0 unspecified atom stereocenters. The Hall–Kier alpha value is -2.98. The van der Waals surface area contributed by atoms with Crippen molar-refractivity contribution in [1.82, 2.24) is 9.55 Å². The monoisotopic (exact) mass is 378 g/mol. The molecule has 0 saturated carbocycles. The smallest absolute Gasteiger partial charge is 0.262 e. The first-order valence-corrected chi connectivity index (χ1v) is 9.66. The molecule has 1 aromatic carbocycles. The van der Waals surface area contributed by atoms with E-state index in [9.17, 15) is 9.59 Å². The molecule has 1 N–H and O–H groups in total. The van der Waals surface area contributed by atoms with Crippen LogP contribution in [0.3, 0.4) is 0 Å². The maximum absolute atomic E-state index is 12.9. The minimum atomic E-state index is -0.305. The lowest BCUT2D eigenvalue weighted by Gasteiger charge is -2.17. The van der Waals surface area contributed by atoms with Gasteiger partial charge in [0, 0.05) is 10.6 Å². The summed E-state index contributed by atoms with van der Waals surface area (Å²) in [6, 6.07) is 8.62. The summed E-state index contributed by atoms with van der Waals surface area (Å²) in [6.45, 7) is 2.13. The SMILES string of the molecule is C[C@H]1CCc2c(sc3ncn(CC(=O)Nc4ccc(C#N)cc4)c(=O)c23)C1. The quantitative estimate of drug-likeness (QED) is 0.759. The van der Waals surface area contributed by atoms with Crippen LogP contribution < -0.4 is 10.9 Å². The second kappa shape index (κ2) is 6.97. The number of thiophene rings is 1. The van der Waals surface area contributed by atoms with Gasteiger partial charge in [0.25, 0.3) is 5.56 Å². The van der Waals surface area contributed by atoms with E-state index < -0.39 is 0 Å². The Morgan fingerprint density at radius 3 is 2.93 bits per heavy atom. The van der Waals surface area contributed by atoms with E-state index in [2.05, 4.69) is 17.2 Å². The zero-order chi connectivity index (χ0) is 19.0. The van der Waals surface area contributed by atoms with E-state index in [1.807, 2.05) is 6.07 Å². The molecule has 4 rings (SSSR count). The Morgan fingerprint density at radius 2 is 2.19 bits per heavy atom. The summed E-state index contributed by atoms with van der Waals surface area (Å²) < 4.78 is 1.37. The Balaban J connectivity index is 1.58. The van der Waals surface area contributed by atoms with Gasteiger partial charge in [0.1, 0.15) is 11.4 Å². The zero-order valence-corrected chi connectivity index (χ0v) is 15.7. The van der Waals surface area contributed by atoms with Gasteiger partial charge in [0.2, 0.25) is 5.91 Å². The van der Waals surface area contributed by atoms with Crippen molar-refractivity contribution in [1.29, 1.82) is 5.26 Å². The molecule has 0 aliphatic heterocycles. The van der Waals surface area contributed by atoms with Crippen molar-refractivity contribution >= 4 is 33.1 Å². The van der Waals surface area contributed by atoms with Gasteiger partial charge in [0.05, 0.1) is 23.3 Å². The van der Waals surface area contributed by atoms with E-state index in [-0.39, 0.29) is 18.0 Å². The summed E-state index contributed by atoms with van der Waals surface area (Å²) >= 11 is 1.60. The molecular formula is C20H18N4O2S. The first-order valence-electron chi connectivity index (χ1n) is 8.85. The van der Waals surface area contributed by atoms with Crippen LogP contribution in [0.1, 0.15) is 29.3 Å². The number of fused-ring (bicyclic) bond motifs is 3. The minimum Gasteiger partial charge on any atom is -0.325 e. The molecule has 1 aliphatic carbocycles. The number of carbonyl (C=O) groups is 1. The molecule has 1 atom stereocenters. The number of amides is 1. The van der Waals surface area contributed by atoms with Gasteiger partial charge in [-0.15, -0.1) is 11.3 Å². The molecule has 2 heterocycles. The van der Waals surface area contributed by atoms with E-state index in [0.29, 0.717) is 22.6 Å². The maximum Gasteiger partial charge on any atom is 0.262 e. The molecule has 0 saturated heterocycles. The van der Waals surface area contributed by atoms with Crippen LogP contribution >= 0.6 is 11.3 Å². The van der Waals surface area contributed by atoms with E-state index >= 15 is 0 Å². The molecule has 0 bridgehead atoms. The molecule has 136 valence electrons. The molecule has 2 aromatic heterocycles. The first-order chi connectivity index (χ1) is 13.0. The highest BCUT2D eigenvalue weighted by atomic mass is 32.1. The van der Waals surface area contributed by atoms with Crippen molar-refractivity contribution in [3.05, 3.63) is 57.0 Å². The van der Waals surface area contributed by atoms with Crippen LogP contribution in [0.15, 0.2) is 35.4 Å². The van der Waals surface area contributed by atoms with Gasteiger partial charge in [-0.25, -0.2) is 4.98 Å². The van der Waals surface area contributed by atoms with E-state index in [0.717, 1.165) is 29.7 Å². The van der Waals surface area contributed by atoms with Gasteiger partial charge in [-0.3, -0.25) is 14.2 Å². The van der Waals surface area contributed by atoms with Crippen molar-refractivity contribution in [2.24, 2.45) is 5.92 Å². The van der Waals surface area contributed by atoms with Crippen LogP contribution in [0.4, 0.5) is 5.69 Å². The Morgan fingerprint density at radius 1 is 1.41 bits per heavy atom. The highest BCUT2D eigenvalue weighted by Gasteiger charge is 2.23. The molecule has 0 fully saturated rings. The van der Waals surface area contributed by atoms with Crippen LogP contribution in [0.25, 0.3) is 10.2 Å². The minimum absolute atomic E-state index is 0.0944. The van der Waals surface area contributed by atoms with Gasteiger partial charge in [-0.2, -0.15) is 5.26 Å². The Kier molecular flexibility index (Phi) is 4.50. The van der Waals surface area contributed by atoms with E-state index in [1.165, 1.54) is 15.8 Å². The Labute approximate surface area is 160 Å². The lowest BCUT2D eigenvalue weighted by molar-refractivity contribution is -0.116. The molecule has 0 radical (unpaired) electrons. The largest absolute Gasteiger partial charge is 0.325 e. The third-order valence-electron chi connectivity index (χ3n) is 4.89. The van der Waals surface area contributed by atoms with Crippen molar-refractivity contribution in [3.8, 4) is 6.07 Å². The fraction of sp³-hybridized carbons (Fsp3) is 0.300. The fourth-order valence-corrected chi connectivity index (χ4v) is 4.80. The summed E-state index contributed by atoms with van der Waals surface area (Å²) in [6.07, 6.45) is 4.42. The van der Waals surface area contributed by atoms with Crippen molar-refractivity contribution in [2.45, 2.75) is 32.7 Å². The van der Waals surface area contributed by atoms with Crippen molar-refractivity contribution in [3.63, 3.8) is 0 Å². The summed E-state index contributed by atoms with van der Waals surface area (Å²) in [5, 5.41) is 12.2. The van der Waals surface area contributed by atoms with E-state index in [4.69, 9.17) is 5.26 Å². The molecule has 1 amide bonds. The van der Waals surface area contributed by atoms with Gasteiger partial charge in [-0.05, 0) is 55.0 Å². The summed E-state index contributed by atoms with van der Waals surface area (Å²) in [5.41, 5.74) is 2.08. The van der Waals surface area contributed by atoms with Crippen molar-refractivity contribution < 1.29 is 4.79 Å². The molecule has 3 aromatic rings. The standard InChI is InChI=1S/C20H18N4O2S/c1-12-2-7-15-16(8-12)27-19-18(15)20(26)24(11-22-19)10-17(25)23-14-5-3-13(9-21)4-6-14/h3-6,11-12H,2,7-8,10H2,1H3,(H,23,25)/t12-/m0/s1. The number of benzene rings is 1. The number of aromatic nitrogens is 2. The number of nitriles is 1. The molecule has 27 heavy (non-hydrogen) atoms. The number of hydrogen-bond acceptors (Lipinski definition) is 5. The first kappa shape index (κ1) is 17.4. The molecule has 7 heteroatoms. The third-order valence-corrected chi connectivity index (χ3v) is 6.06. The van der Waals surface area contributed by atoms with E-state index in [1.54, 1.807) is 35.6 Å². The Bertz CT molecular complexity index is 1120. The number of nitrogens with one attached hydrogen (secondary N) is 1. The maximum atomic E-state index is 12.9. The zero-order valence-electron chi connectivity index (χ0n) is 14.9. The lowest BCUT2D eigenvalue weighted by atomic mass is 9.89. The third kappa shape index (κ3) is 3.36. The number of rotatable bonds is 3. The number of hydrogen-bond donors (Lipinski definition) is 1. The molecule has 1 aliphatic rings. The summed E-state index contributed by atoms with van der Waals surface area (Å²) in [5.74, 6) is 0.326. The summed E-state index contributed by atoms with van der Waals surface area (Å²) in [7, 11) is 0. The molecule has 6 nitrogen and oxygen atoms in total. The predicted molar refractivity (Wildman–Crippen MR) is 105 cm³/mol.